The van der Waals surface area contributed by atoms with Crippen molar-refractivity contribution in [3.8, 4) is 5.75 Å². The number of carbonyl (C=O) groups excluding carboxylic acids is 1. The average molecular weight is 263 g/mol. The lowest BCUT2D eigenvalue weighted by atomic mass is 10.2. The van der Waals surface area contributed by atoms with Crippen LogP contribution in [-0.4, -0.2) is 32.3 Å². The van der Waals surface area contributed by atoms with Crippen molar-refractivity contribution < 1.29 is 14.3 Å². The van der Waals surface area contributed by atoms with Gasteiger partial charge in [-0.3, -0.25) is 4.79 Å². The summed E-state index contributed by atoms with van der Waals surface area (Å²) in [5.41, 5.74) is 0.627. The molecule has 4 nitrogen and oxygen atoms in total. The number of carbonyl (C=O) groups is 1. The monoisotopic (exact) mass is 263 g/mol. The second kappa shape index (κ2) is 9.16. The van der Waals surface area contributed by atoms with Crippen molar-refractivity contribution in [2.24, 2.45) is 0 Å². The first-order chi connectivity index (χ1) is 9.27. The summed E-state index contributed by atoms with van der Waals surface area (Å²) >= 11 is 0. The topological polar surface area (TPSA) is 47.6 Å². The smallest absolute Gasteiger partial charge is 0.251 e. The molecule has 0 aliphatic heterocycles. The van der Waals surface area contributed by atoms with E-state index in [1.165, 1.54) is 0 Å². The van der Waals surface area contributed by atoms with E-state index >= 15 is 0 Å². The minimum absolute atomic E-state index is 0.0771. The molecule has 0 aromatic heterocycles. The summed E-state index contributed by atoms with van der Waals surface area (Å²) in [6.45, 7) is 7.99. The summed E-state index contributed by atoms with van der Waals surface area (Å²) in [6, 6.07) is 7.05. The van der Waals surface area contributed by atoms with Crippen LogP contribution in [0.3, 0.4) is 0 Å². The SMILES string of the molecule is C=CCOc1ccc(C(=O)NCCCOCC)cc1. The molecule has 0 heterocycles. The lowest BCUT2D eigenvalue weighted by molar-refractivity contribution is 0.0944. The Morgan fingerprint density at radius 1 is 1.37 bits per heavy atom. The van der Waals surface area contributed by atoms with Crippen LogP contribution in [0.15, 0.2) is 36.9 Å². The van der Waals surface area contributed by atoms with E-state index in [2.05, 4.69) is 11.9 Å². The molecule has 0 saturated carbocycles. The third-order valence-electron chi connectivity index (χ3n) is 2.44. The van der Waals surface area contributed by atoms with Gasteiger partial charge in [0.05, 0.1) is 0 Å². The predicted octanol–water partition coefficient (Wildman–Crippen LogP) is 2.41. The van der Waals surface area contributed by atoms with Crippen LogP contribution < -0.4 is 10.1 Å². The van der Waals surface area contributed by atoms with Crippen LogP contribution in [0.1, 0.15) is 23.7 Å². The van der Waals surface area contributed by atoms with Crippen molar-refractivity contribution in [1.82, 2.24) is 5.32 Å². The number of rotatable bonds is 9. The van der Waals surface area contributed by atoms with Crippen LogP contribution in [-0.2, 0) is 4.74 Å². The van der Waals surface area contributed by atoms with Crippen LogP contribution in [0.4, 0.5) is 0 Å². The van der Waals surface area contributed by atoms with E-state index in [-0.39, 0.29) is 5.91 Å². The third-order valence-corrected chi connectivity index (χ3v) is 2.44. The van der Waals surface area contributed by atoms with Gasteiger partial charge in [-0.1, -0.05) is 12.7 Å². The van der Waals surface area contributed by atoms with Gasteiger partial charge >= 0.3 is 0 Å². The number of hydrogen-bond acceptors (Lipinski definition) is 3. The maximum atomic E-state index is 11.8. The Kier molecular flexibility index (Phi) is 7.35. The molecule has 1 N–H and O–H groups in total. The highest BCUT2D eigenvalue weighted by atomic mass is 16.5. The van der Waals surface area contributed by atoms with E-state index in [9.17, 15) is 4.79 Å². The van der Waals surface area contributed by atoms with Crippen LogP contribution in [0.2, 0.25) is 0 Å². The fourth-order valence-corrected chi connectivity index (χ4v) is 1.48. The first-order valence-corrected chi connectivity index (χ1v) is 6.47. The Morgan fingerprint density at radius 3 is 2.74 bits per heavy atom. The number of benzene rings is 1. The molecule has 0 fully saturated rings. The first kappa shape index (κ1) is 15.2. The molecule has 0 atom stereocenters. The van der Waals surface area contributed by atoms with Gasteiger partial charge in [-0.05, 0) is 37.6 Å². The first-order valence-electron chi connectivity index (χ1n) is 6.47. The normalized spacial score (nSPS) is 9.95. The molecule has 1 amide bonds. The van der Waals surface area contributed by atoms with Gasteiger partial charge in [0, 0.05) is 25.3 Å². The van der Waals surface area contributed by atoms with Gasteiger partial charge in [0.15, 0.2) is 0 Å². The predicted molar refractivity (Wildman–Crippen MR) is 75.6 cm³/mol. The molecule has 0 radical (unpaired) electrons. The Hall–Kier alpha value is -1.81. The molecule has 1 rings (SSSR count). The van der Waals surface area contributed by atoms with E-state index in [4.69, 9.17) is 9.47 Å². The molecule has 0 unspecified atom stereocenters. The molecule has 104 valence electrons. The minimum Gasteiger partial charge on any atom is -0.490 e. The molecule has 1 aromatic carbocycles. The van der Waals surface area contributed by atoms with Crippen LogP contribution in [0, 0.1) is 0 Å². The summed E-state index contributed by atoms with van der Waals surface area (Å²) in [5, 5.41) is 2.84. The maximum absolute atomic E-state index is 11.8. The molecule has 19 heavy (non-hydrogen) atoms. The lowest BCUT2D eigenvalue weighted by Gasteiger charge is -2.07. The summed E-state index contributed by atoms with van der Waals surface area (Å²) in [4.78, 5) is 11.8. The molecule has 1 aromatic rings. The van der Waals surface area contributed by atoms with Crippen LogP contribution >= 0.6 is 0 Å². The molecule has 4 heteroatoms. The highest BCUT2D eigenvalue weighted by Crippen LogP contribution is 2.12. The van der Waals surface area contributed by atoms with E-state index < -0.39 is 0 Å². The van der Waals surface area contributed by atoms with Crippen molar-refractivity contribution >= 4 is 5.91 Å². The van der Waals surface area contributed by atoms with Crippen molar-refractivity contribution in [2.45, 2.75) is 13.3 Å². The van der Waals surface area contributed by atoms with E-state index in [1.807, 2.05) is 6.92 Å². The number of ether oxygens (including phenoxy) is 2. The average Bonchev–Trinajstić information content (AvgIpc) is 2.45. The minimum atomic E-state index is -0.0771. The quantitative estimate of drug-likeness (QED) is 0.550. The van der Waals surface area contributed by atoms with Gasteiger partial charge < -0.3 is 14.8 Å². The molecule has 0 saturated heterocycles. The van der Waals surface area contributed by atoms with Crippen LogP contribution in [0.25, 0.3) is 0 Å². The number of hydrogen-bond donors (Lipinski definition) is 1. The Bertz CT molecular complexity index is 387. The fourth-order valence-electron chi connectivity index (χ4n) is 1.48. The Balaban J connectivity index is 2.33. The molecular formula is C15H21NO3. The second-order valence-corrected chi connectivity index (χ2v) is 3.93. The van der Waals surface area contributed by atoms with E-state index in [1.54, 1.807) is 30.3 Å². The second-order valence-electron chi connectivity index (χ2n) is 3.93. The third kappa shape index (κ3) is 6.06. The highest BCUT2D eigenvalue weighted by Gasteiger charge is 2.04. The Morgan fingerprint density at radius 2 is 2.11 bits per heavy atom. The largest absolute Gasteiger partial charge is 0.490 e. The van der Waals surface area contributed by atoms with Gasteiger partial charge in [0.1, 0.15) is 12.4 Å². The van der Waals surface area contributed by atoms with Crippen molar-refractivity contribution in [2.75, 3.05) is 26.4 Å². The fraction of sp³-hybridized carbons (Fsp3) is 0.400. The van der Waals surface area contributed by atoms with E-state index in [0.717, 1.165) is 12.2 Å². The lowest BCUT2D eigenvalue weighted by Crippen LogP contribution is -2.25. The highest BCUT2D eigenvalue weighted by molar-refractivity contribution is 5.94. The summed E-state index contributed by atoms with van der Waals surface area (Å²) in [6.07, 6.45) is 2.50. The summed E-state index contributed by atoms with van der Waals surface area (Å²) < 4.78 is 10.5. The zero-order chi connectivity index (χ0) is 13.9. The molecule has 0 bridgehead atoms. The van der Waals surface area contributed by atoms with Crippen molar-refractivity contribution in [1.29, 1.82) is 0 Å². The zero-order valence-electron chi connectivity index (χ0n) is 11.4. The van der Waals surface area contributed by atoms with E-state index in [0.29, 0.717) is 31.9 Å². The summed E-state index contributed by atoms with van der Waals surface area (Å²) in [5.74, 6) is 0.652. The van der Waals surface area contributed by atoms with Crippen molar-refractivity contribution in [3.63, 3.8) is 0 Å². The van der Waals surface area contributed by atoms with Gasteiger partial charge in [-0.15, -0.1) is 0 Å². The molecular weight excluding hydrogens is 242 g/mol. The number of amides is 1. The van der Waals surface area contributed by atoms with Gasteiger partial charge in [-0.2, -0.15) is 0 Å². The number of nitrogens with one attached hydrogen (secondary N) is 1. The van der Waals surface area contributed by atoms with Gasteiger partial charge in [-0.25, -0.2) is 0 Å². The van der Waals surface area contributed by atoms with Gasteiger partial charge in [0.2, 0.25) is 0 Å². The molecule has 0 aliphatic carbocycles. The maximum Gasteiger partial charge on any atom is 0.251 e. The van der Waals surface area contributed by atoms with Gasteiger partial charge in [0.25, 0.3) is 5.91 Å². The van der Waals surface area contributed by atoms with Crippen LogP contribution in [0.5, 0.6) is 5.75 Å². The Labute approximate surface area is 114 Å². The summed E-state index contributed by atoms with van der Waals surface area (Å²) in [7, 11) is 0. The van der Waals surface area contributed by atoms with Crippen molar-refractivity contribution in [3.05, 3.63) is 42.5 Å². The zero-order valence-corrected chi connectivity index (χ0v) is 11.4. The standard InChI is InChI=1S/C15H21NO3/c1-3-11-19-14-8-6-13(7-9-14)15(17)16-10-5-12-18-4-2/h3,6-9H,1,4-5,10-12H2,2H3,(H,16,17). The molecule has 0 spiro atoms. The molecule has 0 aliphatic rings.